The molecular weight excluding hydrogens is 380 g/mol. The number of anilines is 1. The molecule has 2 saturated heterocycles. The molecule has 2 aromatic rings. The molecule has 2 N–H and O–H groups in total. The molecule has 158 valence electrons. The summed E-state index contributed by atoms with van der Waals surface area (Å²) in [6.07, 6.45) is 3.80. The minimum atomic E-state index is -0.749. The minimum Gasteiger partial charge on any atom is -0.481 e. The fraction of sp³-hybridized carbons (Fsp3) is 0.435. The third kappa shape index (κ3) is 3.77. The number of hydrogen-bond donors (Lipinski definition) is 2. The number of likely N-dealkylation sites (N-methyl/N-ethyl adjacent to an activating group) is 1. The summed E-state index contributed by atoms with van der Waals surface area (Å²) >= 11 is 0. The number of benzene rings is 1. The standard InChI is InChI=1S/C23H28N4O3/c1-26-13-6-10-23(22(29)30)11-14-27(16-20(23)26)21(28)18-8-2-3-9-19(18)25-15-17-7-4-5-12-24-17/h2-5,7-9,12,20,25H,6,10-11,13-16H2,1H3,(H,29,30)/t20-,23+/m1/s1. The maximum Gasteiger partial charge on any atom is 0.311 e. The van der Waals surface area contributed by atoms with Gasteiger partial charge in [0, 0.05) is 31.0 Å². The number of nitrogens with one attached hydrogen (secondary N) is 1. The third-order valence-electron chi connectivity index (χ3n) is 6.58. The molecule has 0 radical (unpaired) electrons. The van der Waals surface area contributed by atoms with Crippen molar-refractivity contribution in [3.8, 4) is 0 Å². The molecular formula is C23H28N4O3. The van der Waals surface area contributed by atoms with Crippen LogP contribution >= 0.6 is 0 Å². The lowest BCUT2D eigenvalue weighted by Crippen LogP contribution is -2.63. The van der Waals surface area contributed by atoms with E-state index in [2.05, 4.69) is 15.2 Å². The summed E-state index contributed by atoms with van der Waals surface area (Å²) in [5, 5.41) is 13.3. The number of hydrogen-bond acceptors (Lipinski definition) is 5. The maximum atomic E-state index is 13.4. The number of amides is 1. The van der Waals surface area contributed by atoms with Gasteiger partial charge in [0.1, 0.15) is 0 Å². The molecule has 0 saturated carbocycles. The lowest BCUT2D eigenvalue weighted by Gasteiger charge is -2.51. The van der Waals surface area contributed by atoms with Crippen LogP contribution < -0.4 is 5.32 Å². The van der Waals surface area contributed by atoms with Crippen LogP contribution in [0.1, 0.15) is 35.3 Å². The van der Waals surface area contributed by atoms with Gasteiger partial charge in [-0.3, -0.25) is 14.6 Å². The van der Waals surface area contributed by atoms with E-state index < -0.39 is 11.4 Å². The van der Waals surface area contributed by atoms with E-state index in [1.165, 1.54) is 0 Å². The van der Waals surface area contributed by atoms with Gasteiger partial charge < -0.3 is 20.2 Å². The molecule has 1 aromatic carbocycles. The molecule has 2 fully saturated rings. The number of carboxylic acids is 1. The lowest BCUT2D eigenvalue weighted by molar-refractivity contribution is -0.161. The number of aliphatic carboxylic acids is 1. The summed E-state index contributed by atoms with van der Waals surface area (Å²) in [6, 6.07) is 13.1. The smallest absolute Gasteiger partial charge is 0.311 e. The van der Waals surface area contributed by atoms with Crippen molar-refractivity contribution in [2.24, 2.45) is 5.41 Å². The fourth-order valence-electron chi connectivity index (χ4n) is 4.85. The molecule has 2 aliphatic rings. The summed E-state index contributed by atoms with van der Waals surface area (Å²) in [4.78, 5) is 33.8. The highest BCUT2D eigenvalue weighted by atomic mass is 16.4. The maximum absolute atomic E-state index is 13.4. The molecule has 0 bridgehead atoms. The van der Waals surface area contributed by atoms with Crippen LogP contribution in [0.3, 0.4) is 0 Å². The van der Waals surface area contributed by atoms with Crippen molar-refractivity contribution in [3.63, 3.8) is 0 Å². The molecule has 1 aromatic heterocycles. The number of fused-ring (bicyclic) bond motifs is 1. The molecule has 0 aliphatic carbocycles. The quantitative estimate of drug-likeness (QED) is 0.791. The summed E-state index contributed by atoms with van der Waals surface area (Å²) in [5.41, 5.74) is 1.52. The second-order valence-corrected chi connectivity index (χ2v) is 8.28. The van der Waals surface area contributed by atoms with Crippen molar-refractivity contribution in [2.45, 2.75) is 31.8 Å². The molecule has 7 nitrogen and oxygen atoms in total. The first-order valence-corrected chi connectivity index (χ1v) is 10.5. The summed E-state index contributed by atoms with van der Waals surface area (Å²) < 4.78 is 0. The number of pyridine rings is 1. The first-order chi connectivity index (χ1) is 14.5. The number of piperidine rings is 2. The Hall–Kier alpha value is -2.93. The molecule has 3 heterocycles. The second-order valence-electron chi connectivity index (χ2n) is 8.28. The van der Waals surface area contributed by atoms with Crippen molar-refractivity contribution < 1.29 is 14.7 Å². The largest absolute Gasteiger partial charge is 0.481 e. The van der Waals surface area contributed by atoms with Gasteiger partial charge in [-0.25, -0.2) is 0 Å². The topological polar surface area (TPSA) is 85.8 Å². The predicted octanol–water partition coefficient (Wildman–Crippen LogP) is 2.70. The van der Waals surface area contributed by atoms with Crippen LogP contribution in [0.2, 0.25) is 0 Å². The lowest BCUT2D eigenvalue weighted by atomic mass is 9.68. The second kappa shape index (κ2) is 8.44. The normalized spacial score (nSPS) is 24.2. The highest BCUT2D eigenvalue weighted by Crippen LogP contribution is 2.42. The molecule has 0 unspecified atom stereocenters. The predicted molar refractivity (Wildman–Crippen MR) is 114 cm³/mol. The van der Waals surface area contributed by atoms with Gasteiger partial charge in [0.05, 0.1) is 23.2 Å². The van der Waals surface area contributed by atoms with Crippen molar-refractivity contribution in [1.29, 1.82) is 0 Å². The van der Waals surface area contributed by atoms with Gasteiger partial charge in [-0.05, 0) is 57.1 Å². The molecule has 1 amide bonds. The van der Waals surface area contributed by atoms with Gasteiger partial charge in [0.25, 0.3) is 5.91 Å². The Morgan fingerprint density at radius 1 is 1.17 bits per heavy atom. The molecule has 2 aliphatic heterocycles. The van der Waals surface area contributed by atoms with Crippen LogP contribution in [-0.2, 0) is 11.3 Å². The molecule has 2 atom stereocenters. The van der Waals surface area contributed by atoms with E-state index in [4.69, 9.17) is 0 Å². The minimum absolute atomic E-state index is 0.0583. The van der Waals surface area contributed by atoms with Gasteiger partial charge in [0.2, 0.25) is 0 Å². The SMILES string of the molecule is CN1CCC[C@]2(C(=O)O)CCN(C(=O)c3ccccc3NCc3ccccn3)C[C@@H]12. The average Bonchev–Trinajstić information content (AvgIpc) is 2.78. The van der Waals surface area contributed by atoms with Crippen LogP contribution in [-0.4, -0.2) is 64.5 Å². The number of aromatic nitrogens is 1. The van der Waals surface area contributed by atoms with Crippen LogP contribution in [0, 0.1) is 5.41 Å². The number of carbonyl (C=O) groups excluding carboxylic acids is 1. The van der Waals surface area contributed by atoms with E-state index >= 15 is 0 Å². The number of rotatable bonds is 5. The molecule has 7 heteroatoms. The van der Waals surface area contributed by atoms with Crippen molar-refractivity contribution in [3.05, 3.63) is 59.9 Å². The van der Waals surface area contributed by atoms with E-state index in [-0.39, 0.29) is 11.9 Å². The Labute approximate surface area is 176 Å². The number of para-hydroxylation sites is 1. The Kier molecular flexibility index (Phi) is 5.72. The van der Waals surface area contributed by atoms with E-state index in [9.17, 15) is 14.7 Å². The number of nitrogens with zero attached hydrogens (tertiary/aromatic N) is 3. The molecule has 30 heavy (non-hydrogen) atoms. The third-order valence-corrected chi connectivity index (χ3v) is 6.58. The van der Waals surface area contributed by atoms with Gasteiger partial charge >= 0.3 is 5.97 Å². The van der Waals surface area contributed by atoms with Gasteiger partial charge in [-0.15, -0.1) is 0 Å². The zero-order valence-corrected chi connectivity index (χ0v) is 17.3. The summed E-state index contributed by atoms with van der Waals surface area (Å²) in [7, 11) is 1.97. The van der Waals surface area contributed by atoms with Crippen molar-refractivity contribution in [1.82, 2.24) is 14.8 Å². The first-order valence-electron chi connectivity index (χ1n) is 10.5. The van der Waals surface area contributed by atoms with Crippen molar-refractivity contribution >= 4 is 17.6 Å². The number of likely N-dealkylation sites (tertiary alicyclic amines) is 2. The van der Waals surface area contributed by atoms with Crippen molar-refractivity contribution in [2.75, 3.05) is 32.0 Å². The zero-order chi connectivity index (χ0) is 21.1. The zero-order valence-electron chi connectivity index (χ0n) is 17.3. The number of carboxylic acid groups (broad SMARTS) is 1. The van der Waals surface area contributed by atoms with E-state index in [1.807, 2.05) is 54.4 Å². The van der Waals surface area contributed by atoms with Gasteiger partial charge in [-0.2, -0.15) is 0 Å². The van der Waals surface area contributed by atoms with Gasteiger partial charge in [-0.1, -0.05) is 18.2 Å². The highest BCUT2D eigenvalue weighted by Gasteiger charge is 2.52. The average molecular weight is 409 g/mol. The van der Waals surface area contributed by atoms with E-state index in [0.717, 1.165) is 24.3 Å². The van der Waals surface area contributed by atoms with E-state index in [1.54, 1.807) is 6.20 Å². The summed E-state index contributed by atoms with van der Waals surface area (Å²) in [5.74, 6) is -0.791. The van der Waals surface area contributed by atoms with E-state index in [0.29, 0.717) is 38.0 Å². The molecule has 4 rings (SSSR count). The Bertz CT molecular complexity index is 920. The van der Waals surface area contributed by atoms with Crippen LogP contribution in [0.4, 0.5) is 5.69 Å². The Balaban J connectivity index is 1.52. The first kappa shape index (κ1) is 20.3. The summed E-state index contributed by atoms with van der Waals surface area (Å²) in [6.45, 7) is 2.29. The number of carbonyl (C=O) groups is 2. The Morgan fingerprint density at radius 2 is 1.97 bits per heavy atom. The molecule has 0 spiro atoms. The fourth-order valence-corrected chi connectivity index (χ4v) is 4.85. The highest BCUT2D eigenvalue weighted by molar-refractivity contribution is 5.99. The van der Waals surface area contributed by atoms with Crippen LogP contribution in [0.5, 0.6) is 0 Å². The monoisotopic (exact) mass is 408 g/mol. The Morgan fingerprint density at radius 3 is 2.73 bits per heavy atom. The van der Waals surface area contributed by atoms with Gasteiger partial charge in [0.15, 0.2) is 0 Å². The van der Waals surface area contributed by atoms with Crippen LogP contribution in [0.15, 0.2) is 48.7 Å². The van der Waals surface area contributed by atoms with Crippen LogP contribution in [0.25, 0.3) is 0 Å².